The molecule has 0 N–H and O–H groups in total. The van der Waals surface area contributed by atoms with Crippen molar-refractivity contribution >= 4 is 25.8 Å². The number of hydrogen-bond acceptors (Lipinski definition) is 3. The third kappa shape index (κ3) is 8.22. The van der Waals surface area contributed by atoms with E-state index in [1.165, 1.54) is 0 Å². The lowest BCUT2D eigenvalue weighted by atomic mass is 10.1. The lowest BCUT2D eigenvalue weighted by Crippen LogP contribution is -2.20. The van der Waals surface area contributed by atoms with Crippen molar-refractivity contribution in [3.05, 3.63) is 0 Å². The van der Waals surface area contributed by atoms with E-state index in [4.69, 9.17) is 4.74 Å². The molecule has 0 aliphatic rings. The van der Waals surface area contributed by atoms with Crippen molar-refractivity contribution in [1.29, 1.82) is 0 Å². The Morgan fingerprint density at radius 2 is 2.07 bits per heavy atom. The minimum atomic E-state index is -2.90. The van der Waals surface area contributed by atoms with Crippen LogP contribution in [0.1, 0.15) is 26.2 Å². The summed E-state index contributed by atoms with van der Waals surface area (Å²) < 4.78 is 28.2. The first kappa shape index (κ1) is 15.4. The maximum atomic E-state index is 11.7. The van der Waals surface area contributed by atoms with E-state index in [0.29, 0.717) is 18.8 Å². The van der Waals surface area contributed by atoms with Crippen LogP contribution in [0, 0.1) is 5.92 Å². The van der Waals surface area contributed by atoms with Gasteiger partial charge in [-0.2, -0.15) is 0 Å². The molecule has 1 unspecified atom stereocenters. The third-order valence-corrected chi connectivity index (χ3v) is 5.01. The van der Waals surface area contributed by atoms with Gasteiger partial charge in [-0.15, -0.1) is 0 Å². The zero-order valence-electron chi connectivity index (χ0n) is 9.54. The first-order valence-corrected chi connectivity index (χ1v) is 8.25. The highest BCUT2D eigenvalue weighted by molar-refractivity contribution is 9.09. The molecule has 0 aromatic heterocycles. The average Bonchev–Trinajstić information content (AvgIpc) is 2.17. The van der Waals surface area contributed by atoms with E-state index in [9.17, 15) is 8.42 Å². The van der Waals surface area contributed by atoms with E-state index < -0.39 is 9.84 Å². The normalized spacial score (nSPS) is 14.1. The molecule has 0 radical (unpaired) electrons. The van der Waals surface area contributed by atoms with Crippen LogP contribution in [0.15, 0.2) is 0 Å². The third-order valence-electron chi connectivity index (χ3n) is 2.21. The lowest BCUT2D eigenvalue weighted by Gasteiger charge is -2.12. The van der Waals surface area contributed by atoms with E-state index in [0.717, 1.165) is 18.2 Å². The summed E-state index contributed by atoms with van der Waals surface area (Å²) in [4.78, 5) is 0. The van der Waals surface area contributed by atoms with Crippen LogP contribution in [-0.2, 0) is 14.6 Å². The van der Waals surface area contributed by atoms with Crippen molar-refractivity contribution < 1.29 is 13.2 Å². The van der Waals surface area contributed by atoms with Crippen molar-refractivity contribution in [2.45, 2.75) is 26.2 Å². The van der Waals surface area contributed by atoms with Crippen molar-refractivity contribution in [2.24, 2.45) is 5.92 Å². The van der Waals surface area contributed by atoms with E-state index >= 15 is 0 Å². The molecule has 0 saturated heterocycles. The monoisotopic (exact) mass is 300 g/mol. The van der Waals surface area contributed by atoms with Gasteiger partial charge in [0, 0.05) is 19.0 Å². The molecule has 0 heterocycles. The number of methoxy groups -OCH3 is 1. The Morgan fingerprint density at radius 3 is 2.53 bits per heavy atom. The van der Waals surface area contributed by atoms with Gasteiger partial charge in [-0.25, -0.2) is 8.42 Å². The molecule has 0 rings (SSSR count). The van der Waals surface area contributed by atoms with Crippen LogP contribution in [-0.4, -0.2) is 39.0 Å². The molecule has 0 fully saturated rings. The van der Waals surface area contributed by atoms with Gasteiger partial charge in [-0.05, 0) is 18.8 Å². The molecular formula is C10H21BrO3S. The largest absolute Gasteiger partial charge is 0.385 e. The number of alkyl halides is 1. The van der Waals surface area contributed by atoms with Crippen LogP contribution in [0.5, 0.6) is 0 Å². The fourth-order valence-corrected chi connectivity index (χ4v) is 4.06. The molecule has 0 aliphatic carbocycles. The van der Waals surface area contributed by atoms with Gasteiger partial charge in [0.2, 0.25) is 0 Å². The quantitative estimate of drug-likeness (QED) is 0.484. The van der Waals surface area contributed by atoms with Crippen LogP contribution < -0.4 is 0 Å². The van der Waals surface area contributed by atoms with Crippen LogP contribution in [0.3, 0.4) is 0 Å². The molecular weight excluding hydrogens is 280 g/mol. The molecule has 1 atom stereocenters. The second kappa shape index (κ2) is 8.53. The Balaban J connectivity index is 3.99. The molecule has 5 heteroatoms. The van der Waals surface area contributed by atoms with E-state index in [1.807, 2.05) is 0 Å². The van der Waals surface area contributed by atoms with Crippen LogP contribution in [0.25, 0.3) is 0 Å². The van der Waals surface area contributed by atoms with Gasteiger partial charge in [-0.3, -0.25) is 0 Å². The molecule has 0 amide bonds. The summed E-state index contributed by atoms with van der Waals surface area (Å²) in [5, 5.41) is 0.768. The minimum Gasteiger partial charge on any atom is -0.385 e. The predicted octanol–water partition coefficient (Wildman–Crippen LogP) is 2.25. The summed E-state index contributed by atoms with van der Waals surface area (Å²) >= 11 is 3.36. The Labute approximate surface area is 102 Å². The van der Waals surface area contributed by atoms with E-state index in [2.05, 4.69) is 22.9 Å². The van der Waals surface area contributed by atoms with Gasteiger partial charge in [0.05, 0.1) is 11.5 Å². The Kier molecular flexibility index (Phi) is 8.75. The number of hydrogen-bond donors (Lipinski definition) is 0. The summed E-state index contributed by atoms with van der Waals surface area (Å²) in [6.45, 7) is 2.60. The standard InChI is InChI=1S/C10H21BrO3S/c1-3-5-10(8-11)9-15(12,13)7-4-6-14-2/h10H,3-9H2,1-2H3. The zero-order chi connectivity index (χ0) is 11.7. The summed E-state index contributed by atoms with van der Waals surface area (Å²) in [5.74, 6) is 0.798. The topological polar surface area (TPSA) is 43.4 Å². The van der Waals surface area contributed by atoms with Gasteiger partial charge in [-0.1, -0.05) is 29.3 Å². The lowest BCUT2D eigenvalue weighted by molar-refractivity contribution is 0.199. The summed E-state index contributed by atoms with van der Waals surface area (Å²) in [6, 6.07) is 0. The molecule has 0 aromatic rings. The predicted molar refractivity (Wildman–Crippen MR) is 67.3 cm³/mol. The fourth-order valence-electron chi connectivity index (χ4n) is 1.48. The van der Waals surface area contributed by atoms with Crippen molar-refractivity contribution in [3.63, 3.8) is 0 Å². The molecule has 3 nitrogen and oxygen atoms in total. The van der Waals surface area contributed by atoms with Crippen molar-refractivity contribution in [2.75, 3.05) is 30.6 Å². The minimum absolute atomic E-state index is 0.244. The second-order valence-corrected chi connectivity index (χ2v) is 6.65. The molecule has 15 heavy (non-hydrogen) atoms. The van der Waals surface area contributed by atoms with E-state index in [1.54, 1.807) is 7.11 Å². The zero-order valence-corrected chi connectivity index (χ0v) is 11.9. The Morgan fingerprint density at radius 1 is 1.40 bits per heavy atom. The first-order valence-electron chi connectivity index (χ1n) is 5.31. The number of ether oxygens (including phenoxy) is 1. The average molecular weight is 301 g/mol. The Bertz CT molecular complexity index is 239. The van der Waals surface area contributed by atoms with Gasteiger partial charge in [0.1, 0.15) is 0 Å². The van der Waals surface area contributed by atoms with Gasteiger partial charge < -0.3 is 4.74 Å². The van der Waals surface area contributed by atoms with Gasteiger partial charge in [0.25, 0.3) is 0 Å². The maximum absolute atomic E-state index is 11.7. The highest BCUT2D eigenvalue weighted by atomic mass is 79.9. The molecule has 0 spiro atoms. The van der Waals surface area contributed by atoms with Crippen LogP contribution in [0.2, 0.25) is 0 Å². The van der Waals surface area contributed by atoms with Gasteiger partial charge >= 0.3 is 0 Å². The highest BCUT2D eigenvalue weighted by Crippen LogP contribution is 2.13. The fraction of sp³-hybridized carbons (Fsp3) is 1.00. The molecule has 0 aliphatic heterocycles. The maximum Gasteiger partial charge on any atom is 0.150 e. The van der Waals surface area contributed by atoms with Crippen molar-refractivity contribution in [3.8, 4) is 0 Å². The van der Waals surface area contributed by atoms with Gasteiger partial charge in [0.15, 0.2) is 9.84 Å². The molecule has 0 saturated carbocycles. The van der Waals surface area contributed by atoms with E-state index in [-0.39, 0.29) is 11.7 Å². The molecule has 92 valence electrons. The molecule has 0 bridgehead atoms. The first-order chi connectivity index (χ1) is 7.05. The SMILES string of the molecule is CCCC(CBr)CS(=O)(=O)CCCOC. The molecule has 0 aromatic carbocycles. The van der Waals surface area contributed by atoms with Crippen LogP contribution >= 0.6 is 15.9 Å². The summed E-state index contributed by atoms with van der Waals surface area (Å²) in [6.07, 6.45) is 2.60. The summed E-state index contributed by atoms with van der Waals surface area (Å²) in [5.41, 5.74) is 0. The summed E-state index contributed by atoms with van der Waals surface area (Å²) in [7, 11) is -1.31. The Hall–Kier alpha value is 0.390. The second-order valence-electron chi connectivity index (χ2n) is 3.77. The number of rotatable bonds is 9. The van der Waals surface area contributed by atoms with Crippen molar-refractivity contribution in [1.82, 2.24) is 0 Å². The van der Waals surface area contributed by atoms with Crippen LogP contribution in [0.4, 0.5) is 0 Å². The number of halogens is 1. The number of sulfone groups is 1. The highest BCUT2D eigenvalue weighted by Gasteiger charge is 2.17. The smallest absolute Gasteiger partial charge is 0.150 e.